The molecule has 0 bridgehead atoms. The van der Waals surface area contributed by atoms with Crippen LogP contribution in [0.5, 0.6) is 5.75 Å². The number of alkyl halides is 2. The van der Waals surface area contributed by atoms with Crippen LogP contribution < -0.4 is 4.74 Å². The van der Waals surface area contributed by atoms with Crippen LogP contribution >= 0.6 is 11.8 Å². The van der Waals surface area contributed by atoms with E-state index in [2.05, 4.69) is 15.3 Å². The average Bonchev–Trinajstić information content (AvgIpc) is 3.03. The average molecular weight is 374 g/mol. The van der Waals surface area contributed by atoms with Crippen LogP contribution in [0.25, 0.3) is 11.4 Å². The summed E-state index contributed by atoms with van der Waals surface area (Å²) in [6.07, 6.45) is 1.59. The highest BCUT2D eigenvalue weighted by molar-refractivity contribution is 7.99. The summed E-state index contributed by atoms with van der Waals surface area (Å²) in [7, 11) is 1.57. The van der Waals surface area contributed by atoms with Gasteiger partial charge in [0, 0.05) is 5.56 Å². The summed E-state index contributed by atoms with van der Waals surface area (Å²) in [5, 5.41) is 12.2. The molecule has 0 unspecified atom stereocenters. The third-order valence-electron chi connectivity index (χ3n) is 3.55. The topological polar surface area (TPSA) is 52.3 Å². The lowest BCUT2D eigenvalue weighted by Crippen LogP contribution is -1.98. The first kappa shape index (κ1) is 18.1. The second kappa shape index (κ2) is 8.09. The summed E-state index contributed by atoms with van der Waals surface area (Å²) in [6, 6.07) is 14.8. The molecule has 1 aromatic heterocycles. The smallest absolute Gasteiger partial charge is 0.291 e. The van der Waals surface area contributed by atoms with Gasteiger partial charge in [0.2, 0.25) is 5.16 Å². The van der Waals surface area contributed by atoms with Crippen LogP contribution in [-0.4, -0.2) is 34.0 Å². The van der Waals surface area contributed by atoms with Gasteiger partial charge in [0.1, 0.15) is 5.75 Å². The van der Waals surface area contributed by atoms with Gasteiger partial charge in [0.05, 0.1) is 13.3 Å². The predicted molar refractivity (Wildman–Crippen MR) is 98.0 cm³/mol. The minimum absolute atomic E-state index is 0.0224. The van der Waals surface area contributed by atoms with E-state index in [4.69, 9.17) is 4.74 Å². The van der Waals surface area contributed by atoms with Crippen LogP contribution in [-0.2, 0) is 0 Å². The van der Waals surface area contributed by atoms with E-state index in [-0.39, 0.29) is 5.16 Å². The highest BCUT2D eigenvalue weighted by Gasteiger charge is 2.18. The highest BCUT2D eigenvalue weighted by atomic mass is 32.2. The number of aromatic nitrogens is 3. The Bertz CT molecular complexity index is 893. The molecule has 0 radical (unpaired) electrons. The van der Waals surface area contributed by atoms with Crippen molar-refractivity contribution in [3.8, 4) is 17.1 Å². The maximum atomic E-state index is 12.8. The molecule has 0 fully saturated rings. The Morgan fingerprint density at radius 3 is 2.38 bits per heavy atom. The molecule has 0 saturated heterocycles. The van der Waals surface area contributed by atoms with Crippen LogP contribution in [0, 0.1) is 6.92 Å². The molecule has 2 aromatic carbocycles. The fourth-order valence-corrected chi connectivity index (χ4v) is 2.70. The zero-order chi connectivity index (χ0) is 18.5. The van der Waals surface area contributed by atoms with E-state index in [1.165, 1.54) is 4.68 Å². The molecule has 8 heteroatoms. The van der Waals surface area contributed by atoms with Crippen LogP contribution in [0.4, 0.5) is 8.78 Å². The molecular formula is C18H16F2N4OS. The number of nitrogens with zero attached hydrogens (tertiary/aromatic N) is 4. The Kier molecular flexibility index (Phi) is 5.62. The van der Waals surface area contributed by atoms with Crippen LogP contribution in [0.15, 0.2) is 58.8 Å². The largest absolute Gasteiger partial charge is 0.497 e. The van der Waals surface area contributed by atoms with Gasteiger partial charge in [-0.3, -0.25) is 0 Å². The molecule has 0 aliphatic heterocycles. The monoisotopic (exact) mass is 374 g/mol. The standard InChI is InChI=1S/C18H16F2N4OS/c1-12-3-5-13(6-4-12)11-21-24-16(22-23-18(24)26-17(19)20)14-7-9-15(25-2)10-8-14/h3-11,17H,1-2H3/b21-11-. The molecular weight excluding hydrogens is 358 g/mol. The van der Waals surface area contributed by atoms with Crippen LogP contribution in [0.2, 0.25) is 0 Å². The summed E-state index contributed by atoms with van der Waals surface area (Å²) in [5.74, 6) is -1.56. The Balaban J connectivity index is 1.98. The summed E-state index contributed by atoms with van der Waals surface area (Å²) in [6.45, 7) is 1.99. The summed E-state index contributed by atoms with van der Waals surface area (Å²) in [4.78, 5) is 0. The quantitative estimate of drug-likeness (QED) is 0.472. The Morgan fingerprint density at radius 2 is 1.77 bits per heavy atom. The fourth-order valence-electron chi connectivity index (χ4n) is 2.22. The lowest BCUT2D eigenvalue weighted by molar-refractivity contribution is 0.251. The van der Waals surface area contributed by atoms with Gasteiger partial charge in [0.25, 0.3) is 5.76 Å². The minimum atomic E-state index is -2.61. The van der Waals surface area contributed by atoms with E-state index in [1.54, 1.807) is 37.6 Å². The molecule has 0 saturated carbocycles. The van der Waals surface area contributed by atoms with Gasteiger partial charge >= 0.3 is 0 Å². The molecule has 134 valence electrons. The first-order valence-electron chi connectivity index (χ1n) is 7.72. The van der Waals surface area contributed by atoms with Crippen molar-refractivity contribution in [1.29, 1.82) is 0 Å². The Morgan fingerprint density at radius 1 is 1.08 bits per heavy atom. The summed E-state index contributed by atoms with van der Waals surface area (Å²) in [5.41, 5.74) is 2.66. The number of ether oxygens (including phenoxy) is 1. The van der Waals surface area contributed by atoms with E-state index >= 15 is 0 Å². The van der Waals surface area contributed by atoms with Crippen LogP contribution in [0.1, 0.15) is 11.1 Å². The van der Waals surface area contributed by atoms with Gasteiger partial charge < -0.3 is 4.74 Å². The number of hydrogen-bond acceptors (Lipinski definition) is 5. The number of hydrogen-bond donors (Lipinski definition) is 0. The zero-order valence-corrected chi connectivity index (χ0v) is 15.0. The molecule has 26 heavy (non-hydrogen) atoms. The molecule has 0 amide bonds. The van der Waals surface area contributed by atoms with E-state index in [0.717, 1.165) is 11.1 Å². The second-order valence-electron chi connectivity index (χ2n) is 5.38. The SMILES string of the molecule is COc1ccc(-c2nnc(SC(F)F)n2/N=C\c2ccc(C)cc2)cc1. The Labute approximate surface area is 153 Å². The van der Waals surface area contributed by atoms with Gasteiger partial charge in [-0.2, -0.15) is 18.6 Å². The zero-order valence-electron chi connectivity index (χ0n) is 14.1. The highest BCUT2D eigenvalue weighted by Crippen LogP contribution is 2.28. The molecule has 0 aliphatic carbocycles. The first-order chi connectivity index (χ1) is 12.6. The maximum Gasteiger partial charge on any atom is 0.291 e. The number of aryl methyl sites for hydroxylation is 1. The molecule has 0 N–H and O–H groups in total. The molecule has 3 aromatic rings. The molecule has 0 aliphatic rings. The van der Waals surface area contributed by atoms with E-state index in [9.17, 15) is 8.78 Å². The van der Waals surface area contributed by atoms with Crippen molar-refractivity contribution < 1.29 is 13.5 Å². The lowest BCUT2D eigenvalue weighted by atomic mass is 10.2. The summed E-state index contributed by atoms with van der Waals surface area (Å²) < 4.78 is 32.1. The second-order valence-corrected chi connectivity index (χ2v) is 6.34. The third kappa shape index (κ3) is 4.26. The minimum Gasteiger partial charge on any atom is -0.497 e. The maximum absolute atomic E-state index is 12.8. The summed E-state index contributed by atoms with van der Waals surface area (Å²) >= 11 is 0.303. The van der Waals surface area contributed by atoms with E-state index in [1.807, 2.05) is 31.2 Å². The number of halogens is 2. The van der Waals surface area contributed by atoms with Gasteiger partial charge in [-0.1, -0.05) is 29.8 Å². The van der Waals surface area contributed by atoms with Crippen molar-refractivity contribution in [2.45, 2.75) is 17.8 Å². The van der Waals surface area contributed by atoms with Crippen molar-refractivity contribution >= 4 is 18.0 Å². The van der Waals surface area contributed by atoms with Crippen LogP contribution in [0.3, 0.4) is 0 Å². The molecule has 1 heterocycles. The van der Waals surface area contributed by atoms with E-state index < -0.39 is 5.76 Å². The van der Waals surface area contributed by atoms with Gasteiger partial charge in [-0.15, -0.1) is 10.2 Å². The molecule has 5 nitrogen and oxygen atoms in total. The number of rotatable bonds is 6. The molecule has 0 spiro atoms. The normalized spacial score (nSPS) is 11.4. The molecule has 0 atom stereocenters. The third-order valence-corrected chi connectivity index (χ3v) is 4.20. The fraction of sp³-hybridized carbons (Fsp3) is 0.167. The van der Waals surface area contributed by atoms with Crippen molar-refractivity contribution in [2.75, 3.05) is 7.11 Å². The van der Waals surface area contributed by atoms with Crippen molar-refractivity contribution in [1.82, 2.24) is 14.9 Å². The lowest BCUT2D eigenvalue weighted by Gasteiger charge is -2.05. The van der Waals surface area contributed by atoms with Gasteiger partial charge in [-0.05, 0) is 48.5 Å². The number of benzene rings is 2. The van der Waals surface area contributed by atoms with Gasteiger partial charge in [0.15, 0.2) is 5.82 Å². The predicted octanol–water partition coefficient (Wildman–Crippen LogP) is 4.46. The van der Waals surface area contributed by atoms with Gasteiger partial charge in [-0.25, -0.2) is 0 Å². The Hall–Kier alpha value is -2.74. The number of methoxy groups -OCH3 is 1. The van der Waals surface area contributed by atoms with Crippen molar-refractivity contribution in [3.05, 3.63) is 59.7 Å². The molecule has 3 rings (SSSR count). The van der Waals surface area contributed by atoms with E-state index in [0.29, 0.717) is 28.9 Å². The first-order valence-corrected chi connectivity index (χ1v) is 8.60. The number of thioether (sulfide) groups is 1. The van der Waals surface area contributed by atoms with Crippen molar-refractivity contribution in [2.24, 2.45) is 5.10 Å². The van der Waals surface area contributed by atoms with Crippen molar-refractivity contribution in [3.63, 3.8) is 0 Å².